The molecule has 1 heterocycles. The van der Waals surface area contributed by atoms with E-state index in [1.165, 1.54) is 12.1 Å². The molecule has 2 aromatic rings. The molecule has 0 atom stereocenters. The van der Waals surface area contributed by atoms with Crippen LogP contribution in [0.3, 0.4) is 0 Å². The van der Waals surface area contributed by atoms with Gasteiger partial charge in [-0.15, -0.1) is 0 Å². The maximum Gasteiger partial charge on any atom is 0.387 e. The third-order valence-corrected chi connectivity index (χ3v) is 2.70. The number of aromatic nitrogens is 1. The fourth-order valence-corrected chi connectivity index (χ4v) is 1.80. The van der Waals surface area contributed by atoms with Gasteiger partial charge in [0.2, 0.25) is 0 Å². The number of para-hydroxylation sites is 2. The fourth-order valence-electron chi connectivity index (χ4n) is 1.46. The molecule has 0 saturated heterocycles. The van der Waals surface area contributed by atoms with Gasteiger partial charge >= 0.3 is 6.61 Å². The van der Waals surface area contributed by atoms with Gasteiger partial charge in [0.15, 0.2) is 0 Å². The van der Waals surface area contributed by atoms with E-state index < -0.39 is 12.5 Å². The number of anilines is 1. The second-order valence-corrected chi connectivity index (χ2v) is 4.48. The largest absolute Gasteiger partial charge is 0.433 e. The van der Waals surface area contributed by atoms with Gasteiger partial charge in [-0.3, -0.25) is 4.79 Å². The highest BCUT2D eigenvalue weighted by atomic mass is 79.9. The zero-order chi connectivity index (χ0) is 13.8. The van der Waals surface area contributed by atoms with Gasteiger partial charge < -0.3 is 15.0 Å². The summed E-state index contributed by atoms with van der Waals surface area (Å²) in [5.74, 6) is -0.535. The van der Waals surface area contributed by atoms with E-state index in [0.29, 0.717) is 5.69 Å². The molecule has 0 saturated carbocycles. The van der Waals surface area contributed by atoms with E-state index in [0.717, 1.165) is 4.47 Å². The van der Waals surface area contributed by atoms with Crippen molar-refractivity contribution in [2.45, 2.75) is 6.61 Å². The number of amides is 1. The molecule has 0 aliphatic carbocycles. The molecule has 7 heteroatoms. The summed E-state index contributed by atoms with van der Waals surface area (Å²) in [7, 11) is 0. The third-order valence-electron chi connectivity index (χ3n) is 2.24. The number of rotatable bonds is 4. The maximum absolute atomic E-state index is 12.2. The summed E-state index contributed by atoms with van der Waals surface area (Å²) in [5.41, 5.74) is 0.484. The Kier molecular flexibility index (Phi) is 4.16. The Morgan fingerprint density at radius 3 is 2.74 bits per heavy atom. The highest BCUT2D eigenvalue weighted by Crippen LogP contribution is 2.26. The topological polar surface area (TPSA) is 54.1 Å². The standard InChI is InChI=1S/C12H9BrF2N2O2/c13-7-5-9(16-6-7)11(18)17-8-3-1-2-4-10(8)19-12(14)15/h1-6,12,16H,(H,17,18). The highest BCUT2D eigenvalue weighted by molar-refractivity contribution is 9.10. The number of carbonyl (C=O) groups is 1. The first-order valence-corrected chi connectivity index (χ1v) is 6.04. The van der Waals surface area contributed by atoms with Crippen molar-refractivity contribution in [1.29, 1.82) is 0 Å². The molecule has 0 radical (unpaired) electrons. The fraction of sp³-hybridized carbons (Fsp3) is 0.0833. The van der Waals surface area contributed by atoms with Crippen molar-refractivity contribution in [3.05, 3.63) is 46.7 Å². The predicted octanol–water partition coefficient (Wildman–Crippen LogP) is 3.63. The Morgan fingerprint density at radius 2 is 2.11 bits per heavy atom. The Balaban J connectivity index is 2.16. The first-order chi connectivity index (χ1) is 9.06. The van der Waals surface area contributed by atoms with Gasteiger partial charge in [0.25, 0.3) is 5.91 Å². The molecule has 1 aromatic carbocycles. The van der Waals surface area contributed by atoms with Gasteiger partial charge in [-0.2, -0.15) is 8.78 Å². The van der Waals surface area contributed by atoms with Gasteiger partial charge in [0.05, 0.1) is 5.69 Å². The zero-order valence-corrected chi connectivity index (χ0v) is 11.1. The molecule has 100 valence electrons. The van der Waals surface area contributed by atoms with Crippen LogP contribution in [0, 0.1) is 0 Å². The van der Waals surface area contributed by atoms with Crippen LogP contribution in [0.25, 0.3) is 0 Å². The monoisotopic (exact) mass is 330 g/mol. The summed E-state index contributed by atoms with van der Waals surface area (Å²) in [5, 5.41) is 2.50. The van der Waals surface area contributed by atoms with Crippen molar-refractivity contribution in [1.82, 2.24) is 4.98 Å². The number of hydrogen-bond acceptors (Lipinski definition) is 2. The number of aromatic amines is 1. The number of H-pyrrole nitrogens is 1. The molecule has 4 nitrogen and oxygen atoms in total. The SMILES string of the molecule is O=C(Nc1ccccc1OC(F)F)c1cc(Br)c[nH]1. The van der Waals surface area contributed by atoms with Crippen LogP contribution in [-0.2, 0) is 0 Å². The molecule has 2 N–H and O–H groups in total. The van der Waals surface area contributed by atoms with E-state index in [1.807, 2.05) is 0 Å². The lowest BCUT2D eigenvalue weighted by atomic mass is 10.3. The molecule has 19 heavy (non-hydrogen) atoms. The lowest BCUT2D eigenvalue weighted by molar-refractivity contribution is -0.0493. The zero-order valence-electron chi connectivity index (χ0n) is 9.49. The van der Waals surface area contributed by atoms with Crippen LogP contribution in [0.4, 0.5) is 14.5 Å². The molecule has 1 aromatic heterocycles. The van der Waals surface area contributed by atoms with Gasteiger partial charge in [-0.25, -0.2) is 0 Å². The normalized spacial score (nSPS) is 10.5. The van der Waals surface area contributed by atoms with Gasteiger partial charge in [0.1, 0.15) is 11.4 Å². The number of alkyl halides is 2. The van der Waals surface area contributed by atoms with Crippen molar-refractivity contribution in [2.75, 3.05) is 5.32 Å². The molecule has 2 rings (SSSR count). The quantitative estimate of drug-likeness (QED) is 0.899. The second-order valence-electron chi connectivity index (χ2n) is 3.56. The van der Waals surface area contributed by atoms with Crippen molar-refractivity contribution in [3.63, 3.8) is 0 Å². The van der Waals surface area contributed by atoms with Crippen LogP contribution >= 0.6 is 15.9 Å². The number of hydrogen-bond donors (Lipinski definition) is 2. The molecule has 0 fully saturated rings. The van der Waals surface area contributed by atoms with Crippen LogP contribution in [-0.4, -0.2) is 17.5 Å². The van der Waals surface area contributed by atoms with Crippen LogP contribution in [0.2, 0.25) is 0 Å². The number of carbonyl (C=O) groups excluding carboxylic acids is 1. The summed E-state index contributed by atoms with van der Waals surface area (Å²) < 4.78 is 29.5. The highest BCUT2D eigenvalue weighted by Gasteiger charge is 2.13. The molecule has 0 aliphatic heterocycles. The number of ether oxygens (including phenoxy) is 1. The van der Waals surface area contributed by atoms with Crippen molar-refractivity contribution < 1.29 is 18.3 Å². The number of benzene rings is 1. The summed E-state index contributed by atoms with van der Waals surface area (Å²) in [4.78, 5) is 14.6. The van der Waals surface area contributed by atoms with Crippen molar-refractivity contribution in [3.8, 4) is 5.75 Å². The van der Waals surface area contributed by atoms with E-state index in [9.17, 15) is 13.6 Å². The van der Waals surface area contributed by atoms with Crippen LogP contribution in [0.5, 0.6) is 5.75 Å². The molecular formula is C12H9BrF2N2O2. The summed E-state index contributed by atoms with van der Waals surface area (Å²) in [6.45, 7) is -2.95. The second kappa shape index (κ2) is 5.83. The maximum atomic E-state index is 12.2. The molecule has 0 spiro atoms. The average Bonchev–Trinajstić information content (AvgIpc) is 2.78. The summed E-state index contributed by atoms with van der Waals surface area (Å²) in [6, 6.07) is 7.56. The average molecular weight is 331 g/mol. The molecular weight excluding hydrogens is 322 g/mol. The first-order valence-electron chi connectivity index (χ1n) is 5.25. The van der Waals surface area contributed by atoms with E-state index in [4.69, 9.17) is 0 Å². The molecule has 0 unspecified atom stereocenters. The molecule has 1 amide bonds. The van der Waals surface area contributed by atoms with E-state index >= 15 is 0 Å². The number of halogens is 3. The van der Waals surface area contributed by atoms with Gasteiger partial charge in [-0.05, 0) is 34.1 Å². The lowest BCUT2D eigenvalue weighted by Gasteiger charge is -2.10. The third kappa shape index (κ3) is 3.54. The summed E-state index contributed by atoms with van der Waals surface area (Å²) in [6.07, 6.45) is 1.59. The molecule has 0 aliphatic rings. The smallest absolute Gasteiger partial charge is 0.387 e. The van der Waals surface area contributed by atoms with E-state index in [-0.39, 0.29) is 11.4 Å². The first kappa shape index (κ1) is 13.5. The van der Waals surface area contributed by atoms with Crippen LogP contribution in [0.1, 0.15) is 10.5 Å². The minimum atomic E-state index is -2.95. The van der Waals surface area contributed by atoms with Crippen LogP contribution in [0.15, 0.2) is 41.0 Å². The van der Waals surface area contributed by atoms with E-state index in [1.54, 1.807) is 24.4 Å². The van der Waals surface area contributed by atoms with Gasteiger partial charge in [0, 0.05) is 10.7 Å². The minimum Gasteiger partial charge on any atom is -0.433 e. The Hall–Kier alpha value is -1.89. The summed E-state index contributed by atoms with van der Waals surface area (Å²) >= 11 is 3.20. The molecule has 0 bridgehead atoms. The van der Waals surface area contributed by atoms with Gasteiger partial charge in [-0.1, -0.05) is 12.1 Å². The predicted molar refractivity (Wildman–Crippen MR) is 69.5 cm³/mol. The Labute approximate surface area is 115 Å². The van der Waals surface area contributed by atoms with E-state index in [2.05, 4.69) is 31.0 Å². The Morgan fingerprint density at radius 1 is 1.37 bits per heavy atom. The van der Waals surface area contributed by atoms with Crippen molar-refractivity contribution in [2.24, 2.45) is 0 Å². The minimum absolute atomic E-state index is 0.0866. The number of nitrogens with one attached hydrogen (secondary N) is 2. The van der Waals surface area contributed by atoms with Crippen LogP contribution < -0.4 is 10.1 Å². The van der Waals surface area contributed by atoms with Crippen molar-refractivity contribution >= 4 is 27.5 Å². The Bertz CT molecular complexity index is 587. The lowest BCUT2D eigenvalue weighted by Crippen LogP contribution is -2.14.